The molecule has 0 fully saturated rings. The summed E-state index contributed by atoms with van der Waals surface area (Å²) >= 11 is 0. The Bertz CT molecular complexity index is 1900. The van der Waals surface area contributed by atoms with Crippen molar-refractivity contribution in [1.29, 1.82) is 0 Å². The van der Waals surface area contributed by atoms with Gasteiger partial charge in [0.05, 0.1) is 26.4 Å². The van der Waals surface area contributed by atoms with Crippen LogP contribution < -0.4 is 0 Å². The van der Waals surface area contributed by atoms with E-state index in [0.29, 0.717) is 25.7 Å². The fourth-order valence-corrected chi connectivity index (χ4v) is 13.5. The Balaban J connectivity index is 5.25. The van der Waals surface area contributed by atoms with E-state index in [9.17, 15) is 43.2 Å². The summed E-state index contributed by atoms with van der Waals surface area (Å²) in [6.07, 6.45) is 52.7. The van der Waals surface area contributed by atoms with Crippen LogP contribution in [0.1, 0.15) is 396 Å². The van der Waals surface area contributed by atoms with Gasteiger partial charge in [0.25, 0.3) is 0 Å². The minimum atomic E-state index is -4.96. The van der Waals surface area contributed by atoms with Crippen LogP contribution in [0.4, 0.5) is 0 Å². The maximum atomic E-state index is 13.1. The van der Waals surface area contributed by atoms with E-state index in [-0.39, 0.29) is 25.7 Å². The molecule has 0 aliphatic heterocycles. The zero-order valence-corrected chi connectivity index (χ0v) is 65.5. The number of aliphatic hydroxyl groups excluding tert-OH is 1. The molecule has 0 heterocycles. The Kier molecular flexibility index (Phi) is 65.9. The first-order valence-corrected chi connectivity index (χ1v) is 43.2. The molecule has 17 nitrogen and oxygen atoms in total. The SMILES string of the molecule is CCC(C)CCCCCCCCC(=O)OC[C@H](COP(=O)(O)OC[C@H](O)COP(=O)(O)OC[C@@H](COC(=O)CCCCCCCCCCCCCC(C)C)OC(=O)CCCCCCCCCCCCCCC(C)C)OC(=O)CCCCCCCCCCCCCCCCCC(C)C. The highest BCUT2D eigenvalue weighted by Gasteiger charge is 2.30. The zero-order chi connectivity index (χ0) is 71.7. The average Bonchev–Trinajstić information content (AvgIpc) is 1.90. The smallest absolute Gasteiger partial charge is 0.462 e. The van der Waals surface area contributed by atoms with Crippen LogP contribution in [0, 0.1) is 23.7 Å². The predicted molar refractivity (Wildman–Crippen MR) is 395 cm³/mol. The summed E-state index contributed by atoms with van der Waals surface area (Å²) in [6, 6.07) is 0. The number of phosphoric ester groups is 2. The van der Waals surface area contributed by atoms with E-state index < -0.39 is 97.5 Å². The molecule has 0 saturated heterocycles. The highest BCUT2D eigenvalue weighted by Crippen LogP contribution is 2.45. The molecular formula is C78H152O17P2. The average molecular weight is 1420 g/mol. The Morgan fingerprint density at radius 2 is 0.495 bits per heavy atom. The van der Waals surface area contributed by atoms with Crippen LogP contribution in [0.15, 0.2) is 0 Å². The first kappa shape index (κ1) is 95.1. The van der Waals surface area contributed by atoms with Gasteiger partial charge < -0.3 is 33.8 Å². The molecule has 97 heavy (non-hydrogen) atoms. The maximum absolute atomic E-state index is 13.1. The summed E-state index contributed by atoms with van der Waals surface area (Å²) in [6.45, 7) is 14.2. The number of hydrogen-bond donors (Lipinski definition) is 3. The molecule has 0 aromatic carbocycles. The number of hydrogen-bond acceptors (Lipinski definition) is 15. The van der Waals surface area contributed by atoms with Crippen LogP contribution in [0.3, 0.4) is 0 Å². The molecule has 19 heteroatoms. The van der Waals surface area contributed by atoms with E-state index >= 15 is 0 Å². The molecule has 0 spiro atoms. The molecule has 0 amide bonds. The molecule has 0 aliphatic carbocycles. The lowest BCUT2D eigenvalue weighted by Crippen LogP contribution is -2.30. The fraction of sp³-hybridized carbons (Fsp3) is 0.949. The lowest BCUT2D eigenvalue weighted by atomic mass is 10.00. The Hall–Kier alpha value is -1.94. The minimum absolute atomic E-state index is 0.106. The summed E-state index contributed by atoms with van der Waals surface area (Å²) in [7, 11) is -9.92. The second-order valence-electron chi connectivity index (χ2n) is 29.8. The van der Waals surface area contributed by atoms with Crippen molar-refractivity contribution in [3.63, 3.8) is 0 Å². The van der Waals surface area contributed by atoms with Gasteiger partial charge in [0, 0.05) is 25.7 Å². The number of ether oxygens (including phenoxy) is 4. The molecule has 0 saturated carbocycles. The van der Waals surface area contributed by atoms with Crippen LogP contribution in [-0.4, -0.2) is 96.7 Å². The van der Waals surface area contributed by atoms with Gasteiger partial charge in [-0.2, -0.15) is 0 Å². The monoisotopic (exact) mass is 1420 g/mol. The third-order valence-electron chi connectivity index (χ3n) is 18.4. The van der Waals surface area contributed by atoms with Crippen molar-refractivity contribution in [3.8, 4) is 0 Å². The number of unbranched alkanes of at least 4 members (excludes halogenated alkanes) is 40. The normalized spacial score (nSPS) is 14.4. The standard InChI is InChI=1S/C78H152O17P2/c1-9-71(8)57-49-41-36-37-43-51-59-76(81)89-65-74(95-78(83)60-52-44-34-28-21-14-12-10-11-13-18-24-30-38-46-54-68(2)3)67-93-97(86,87)91-63-72(79)62-90-96(84,85)92-66-73(64-88-75(80)58-50-42-33-27-23-17-20-26-32-40-48-56-70(6)7)94-77(82)61-53-45-35-29-22-16-15-19-25-31-39-47-55-69(4)5/h68-74,79H,9-67H2,1-8H3,(H,84,85)(H,86,87)/t71?,72-,73-,74-/m1/s1. The van der Waals surface area contributed by atoms with Crippen molar-refractivity contribution in [1.82, 2.24) is 0 Å². The van der Waals surface area contributed by atoms with Crippen LogP contribution in [0.25, 0.3) is 0 Å². The largest absolute Gasteiger partial charge is 0.472 e. The molecule has 0 aliphatic rings. The number of aliphatic hydroxyl groups is 1. The molecule has 0 radical (unpaired) electrons. The van der Waals surface area contributed by atoms with E-state index in [4.69, 9.17) is 37.0 Å². The van der Waals surface area contributed by atoms with Crippen LogP contribution >= 0.6 is 15.6 Å². The molecule has 576 valence electrons. The number of carbonyl (C=O) groups excluding carboxylic acids is 4. The van der Waals surface area contributed by atoms with Gasteiger partial charge in [-0.15, -0.1) is 0 Å². The lowest BCUT2D eigenvalue weighted by Gasteiger charge is -2.21. The van der Waals surface area contributed by atoms with Crippen molar-refractivity contribution >= 4 is 39.5 Å². The van der Waals surface area contributed by atoms with Gasteiger partial charge in [0.2, 0.25) is 0 Å². The van der Waals surface area contributed by atoms with Crippen LogP contribution in [-0.2, 0) is 65.4 Å². The van der Waals surface area contributed by atoms with Gasteiger partial charge in [-0.25, -0.2) is 9.13 Å². The van der Waals surface area contributed by atoms with Crippen molar-refractivity contribution in [3.05, 3.63) is 0 Å². The number of phosphoric acid groups is 2. The molecule has 0 aromatic rings. The third-order valence-corrected chi connectivity index (χ3v) is 20.3. The topological polar surface area (TPSA) is 237 Å². The van der Waals surface area contributed by atoms with Gasteiger partial charge in [-0.05, 0) is 49.4 Å². The molecule has 0 aromatic heterocycles. The van der Waals surface area contributed by atoms with E-state index in [1.807, 2.05) is 0 Å². The summed E-state index contributed by atoms with van der Waals surface area (Å²) < 4.78 is 68.6. The summed E-state index contributed by atoms with van der Waals surface area (Å²) in [5.74, 6) is 0.963. The maximum Gasteiger partial charge on any atom is 0.472 e. The van der Waals surface area contributed by atoms with E-state index in [1.165, 1.54) is 193 Å². The van der Waals surface area contributed by atoms with Crippen molar-refractivity contribution < 1.29 is 80.2 Å². The summed E-state index contributed by atoms with van der Waals surface area (Å²) in [4.78, 5) is 72.9. The quantitative estimate of drug-likeness (QED) is 0.0222. The van der Waals surface area contributed by atoms with Gasteiger partial charge in [-0.3, -0.25) is 37.3 Å². The van der Waals surface area contributed by atoms with Crippen LogP contribution in [0.2, 0.25) is 0 Å². The third kappa shape index (κ3) is 70.9. The summed E-state index contributed by atoms with van der Waals surface area (Å²) in [5.41, 5.74) is 0. The molecule has 0 bridgehead atoms. The lowest BCUT2D eigenvalue weighted by molar-refractivity contribution is -0.161. The van der Waals surface area contributed by atoms with E-state index in [0.717, 1.165) is 120 Å². The van der Waals surface area contributed by atoms with Crippen molar-refractivity contribution in [2.75, 3.05) is 39.6 Å². The second-order valence-corrected chi connectivity index (χ2v) is 32.7. The first-order valence-electron chi connectivity index (χ1n) is 40.2. The molecular weight excluding hydrogens is 1270 g/mol. The fourth-order valence-electron chi connectivity index (χ4n) is 11.9. The zero-order valence-electron chi connectivity index (χ0n) is 63.7. The summed E-state index contributed by atoms with van der Waals surface area (Å²) in [5, 5.41) is 10.6. The van der Waals surface area contributed by atoms with Crippen molar-refractivity contribution in [2.45, 2.75) is 414 Å². The number of esters is 4. The molecule has 0 rings (SSSR count). The number of carbonyl (C=O) groups is 4. The van der Waals surface area contributed by atoms with Crippen LogP contribution in [0.5, 0.6) is 0 Å². The van der Waals surface area contributed by atoms with Crippen molar-refractivity contribution in [2.24, 2.45) is 23.7 Å². The molecule has 6 atom stereocenters. The Morgan fingerprint density at radius 3 is 0.732 bits per heavy atom. The Labute approximate surface area is 594 Å². The van der Waals surface area contributed by atoms with E-state index in [1.54, 1.807) is 0 Å². The van der Waals surface area contributed by atoms with E-state index in [2.05, 4.69) is 55.4 Å². The predicted octanol–water partition coefficient (Wildman–Crippen LogP) is 22.8. The van der Waals surface area contributed by atoms with Gasteiger partial charge in [0.15, 0.2) is 12.2 Å². The second kappa shape index (κ2) is 67.2. The highest BCUT2D eigenvalue weighted by molar-refractivity contribution is 7.47. The highest BCUT2D eigenvalue weighted by atomic mass is 31.2. The van der Waals surface area contributed by atoms with Gasteiger partial charge >= 0.3 is 39.5 Å². The van der Waals surface area contributed by atoms with Gasteiger partial charge in [0.1, 0.15) is 19.3 Å². The number of rotatable bonds is 75. The van der Waals surface area contributed by atoms with Gasteiger partial charge in [-0.1, -0.05) is 344 Å². The minimum Gasteiger partial charge on any atom is -0.462 e. The molecule has 3 unspecified atom stereocenters. The first-order chi connectivity index (χ1) is 46.6. The molecule has 3 N–H and O–H groups in total. The Morgan fingerprint density at radius 1 is 0.289 bits per heavy atom.